The molecule has 138 valence electrons. The van der Waals surface area contributed by atoms with Crippen LogP contribution in [0.5, 0.6) is 5.75 Å². The zero-order chi connectivity index (χ0) is 18.9. The lowest BCUT2D eigenvalue weighted by molar-refractivity contribution is -0.0228. The summed E-state index contributed by atoms with van der Waals surface area (Å²) < 4.78 is 18.4. The largest absolute Gasteiger partial charge is 0.495 e. The van der Waals surface area contributed by atoms with E-state index in [-0.39, 0.29) is 18.8 Å². The summed E-state index contributed by atoms with van der Waals surface area (Å²) in [6.07, 6.45) is 1.05. The highest BCUT2D eigenvalue weighted by molar-refractivity contribution is 6.64. The van der Waals surface area contributed by atoms with Crippen LogP contribution in [0.15, 0.2) is 66.7 Å². The molecule has 0 amide bonds. The maximum absolute atomic E-state index is 6.24. The third-order valence-electron chi connectivity index (χ3n) is 4.95. The highest BCUT2D eigenvalue weighted by Crippen LogP contribution is 2.28. The van der Waals surface area contributed by atoms with E-state index in [9.17, 15) is 0 Å². The summed E-state index contributed by atoms with van der Waals surface area (Å²) in [6, 6.07) is 22.7. The molecular weight excluding hydrogens is 335 g/mol. The molecule has 1 fully saturated rings. The minimum atomic E-state index is -0.364. The van der Waals surface area contributed by atoms with Crippen molar-refractivity contribution in [3.8, 4) is 5.75 Å². The van der Waals surface area contributed by atoms with Gasteiger partial charge in [0.15, 0.2) is 0 Å². The predicted molar refractivity (Wildman–Crippen MR) is 110 cm³/mol. The topological polar surface area (TPSA) is 27.7 Å². The Balaban J connectivity index is 1.63. The van der Waals surface area contributed by atoms with E-state index in [0.717, 1.165) is 34.0 Å². The van der Waals surface area contributed by atoms with Gasteiger partial charge in [-0.15, -0.1) is 0 Å². The van der Waals surface area contributed by atoms with Crippen LogP contribution in [0.1, 0.15) is 32.8 Å². The van der Waals surface area contributed by atoms with Crippen molar-refractivity contribution in [2.75, 3.05) is 0 Å². The van der Waals surface area contributed by atoms with Gasteiger partial charge in [0, 0.05) is 6.10 Å². The Bertz CT molecular complexity index is 923. The quantitative estimate of drug-likeness (QED) is 0.631. The summed E-state index contributed by atoms with van der Waals surface area (Å²) in [6.45, 7) is 6.91. The Kier molecular flexibility index (Phi) is 4.94. The molecule has 1 aliphatic heterocycles. The van der Waals surface area contributed by atoms with Gasteiger partial charge in [-0.2, -0.15) is 0 Å². The Morgan fingerprint density at radius 3 is 2.63 bits per heavy atom. The Labute approximate surface area is 161 Å². The van der Waals surface area contributed by atoms with E-state index in [2.05, 4.69) is 63.2 Å². The molecule has 3 nitrogen and oxygen atoms in total. The van der Waals surface area contributed by atoms with Crippen LogP contribution in [0.2, 0.25) is 0 Å². The summed E-state index contributed by atoms with van der Waals surface area (Å²) in [5.74, 6) is 0.849. The standard InChI is InChI=1S/C23H25BO3/c1-17-15-23(2,3)27-24(26-17)22-11-7-10-19-12-13-20(14-21(19)22)25-16-18-8-5-4-6-9-18/h4-14,17H,15-16H2,1-3H3. The van der Waals surface area contributed by atoms with E-state index in [1.807, 2.05) is 24.3 Å². The van der Waals surface area contributed by atoms with Crippen LogP contribution in [0.25, 0.3) is 10.8 Å². The summed E-state index contributed by atoms with van der Waals surface area (Å²) in [5.41, 5.74) is 2.00. The molecule has 1 heterocycles. The summed E-state index contributed by atoms with van der Waals surface area (Å²) >= 11 is 0. The highest BCUT2D eigenvalue weighted by Gasteiger charge is 2.38. The van der Waals surface area contributed by atoms with Gasteiger partial charge in [0.25, 0.3) is 0 Å². The van der Waals surface area contributed by atoms with Crippen molar-refractivity contribution in [3.05, 3.63) is 72.3 Å². The number of hydrogen-bond donors (Lipinski definition) is 0. The van der Waals surface area contributed by atoms with E-state index < -0.39 is 0 Å². The molecule has 1 unspecified atom stereocenters. The lowest BCUT2D eigenvalue weighted by Gasteiger charge is -2.38. The Morgan fingerprint density at radius 2 is 1.85 bits per heavy atom. The molecule has 3 aromatic rings. The lowest BCUT2D eigenvalue weighted by Crippen LogP contribution is -2.51. The summed E-state index contributed by atoms with van der Waals surface area (Å²) in [7, 11) is -0.364. The Hall–Kier alpha value is -2.30. The monoisotopic (exact) mass is 360 g/mol. The van der Waals surface area contributed by atoms with Crippen LogP contribution < -0.4 is 10.2 Å². The molecule has 0 spiro atoms. The van der Waals surface area contributed by atoms with Crippen molar-refractivity contribution in [2.24, 2.45) is 0 Å². The highest BCUT2D eigenvalue weighted by atomic mass is 16.6. The van der Waals surface area contributed by atoms with Gasteiger partial charge < -0.3 is 14.0 Å². The Morgan fingerprint density at radius 1 is 1.04 bits per heavy atom. The second-order valence-corrected chi connectivity index (χ2v) is 7.86. The fourth-order valence-corrected chi connectivity index (χ4v) is 3.77. The summed E-state index contributed by atoms with van der Waals surface area (Å²) in [4.78, 5) is 0. The average molecular weight is 360 g/mol. The zero-order valence-corrected chi connectivity index (χ0v) is 16.1. The zero-order valence-electron chi connectivity index (χ0n) is 16.1. The third-order valence-corrected chi connectivity index (χ3v) is 4.95. The van der Waals surface area contributed by atoms with Gasteiger partial charge in [-0.05, 0) is 61.1 Å². The van der Waals surface area contributed by atoms with Crippen molar-refractivity contribution >= 4 is 23.4 Å². The fraction of sp³-hybridized carbons (Fsp3) is 0.304. The number of fused-ring (bicyclic) bond motifs is 1. The van der Waals surface area contributed by atoms with Crippen molar-refractivity contribution in [3.63, 3.8) is 0 Å². The van der Waals surface area contributed by atoms with Gasteiger partial charge in [-0.1, -0.05) is 54.6 Å². The number of rotatable bonds is 4. The van der Waals surface area contributed by atoms with E-state index in [4.69, 9.17) is 14.0 Å². The molecule has 1 saturated heterocycles. The molecule has 0 saturated carbocycles. The molecular formula is C23H25BO3. The van der Waals surface area contributed by atoms with Gasteiger partial charge in [-0.25, -0.2) is 0 Å². The smallest absolute Gasteiger partial charge is 0.489 e. The lowest BCUT2D eigenvalue weighted by atomic mass is 9.72. The first-order valence-corrected chi connectivity index (χ1v) is 9.53. The first kappa shape index (κ1) is 18.1. The van der Waals surface area contributed by atoms with E-state index >= 15 is 0 Å². The van der Waals surface area contributed by atoms with Gasteiger partial charge in [0.05, 0.1) is 5.60 Å². The van der Waals surface area contributed by atoms with E-state index in [1.165, 1.54) is 0 Å². The first-order chi connectivity index (χ1) is 13.0. The molecule has 0 radical (unpaired) electrons. The third kappa shape index (κ3) is 4.18. The molecule has 0 aromatic heterocycles. The SMILES string of the molecule is CC1CC(C)(C)OB(c2cccc3ccc(OCc4ccccc4)cc23)O1. The molecule has 4 rings (SSSR count). The fourth-order valence-electron chi connectivity index (χ4n) is 3.77. The van der Waals surface area contributed by atoms with Gasteiger partial charge in [0.2, 0.25) is 0 Å². The maximum atomic E-state index is 6.24. The van der Waals surface area contributed by atoms with E-state index in [1.54, 1.807) is 0 Å². The van der Waals surface area contributed by atoms with Crippen molar-refractivity contribution in [1.29, 1.82) is 0 Å². The number of hydrogen-bond acceptors (Lipinski definition) is 3. The van der Waals surface area contributed by atoms with Gasteiger partial charge >= 0.3 is 7.12 Å². The van der Waals surface area contributed by atoms with Crippen LogP contribution >= 0.6 is 0 Å². The van der Waals surface area contributed by atoms with Gasteiger partial charge in [0.1, 0.15) is 12.4 Å². The molecule has 0 N–H and O–H groups in total. The maximum Gasteiger partial charge on any atom is 0.495 e. The van der Waals surface area contributed by atoms with Crippen LogP contribution in [0, 0.1) is 0 Å². The molecule has 1 atom stereocenters. The minimum Gasteiger partial charge on any atom is -0.489 e. The average Bonchev–Trinajstić information content (AvgIpc) is 2.65. The summed E-state index contributed by atoms with van der Waals surface area (Å²) in [5, 5.41) is 2.26. The van der Waals surface area contributed by atoms with Crippen LogP contribution in [0.3, 0.4) is 0 Å². The predicted octanol–water partition coefficient (Wildman–Crippen LogP) is 4.72. The molecule has 4 heteroatoms. The normalized spacial score (nSPS) is 19.2. The molecule has 27 heavy (non-hydrogen) atoms. The second-order valence-electron chi connectivity index (χ2n) is 7.86. The van der Waals surface area contributed by atoms with Crippen LogP contribution in [0.4, 0.5) is 0 Å². The van der Waals surface area contributed by atoms with Gasteiger partial charge in [-0.3, -0.25) is 0 Å². The molecule has 0 bridgehead atoms. The molecule has 1 aliphatic rings. The van der Waals surface area contributed by atoms with Crippen LogP contribution in [-0.4, -0.2) is 18.8 Å². The van der Waals surface area contributed by atoms with Crippen molar-refractivity contribution in [1.82, 2.24) is 0 Å². The molecule has 0 aliphatic carbocycles. The number of ether oxygens (including phenoxy) is 1. The van der Waals surface area contributed by atoms with Crippen LogP contribution in [-0.2, 0) is 15.9 Å². The molecule has 3 aromatic carbocycles. The minimum absolute atomic E-state index is 0.159. The van der Waals surface area contributed by atoms with E-state index in [0.29, 0.717) is 6.61 Å². The van der Waals surface area contributed by atoms with Crippen molar-refractivity contribution in [2.45, 2.75) is 45.5 Å². The second kappa shape index (κ2) is 7.38. The number of benzene rings is 3. The first-order valence-electron chi connectivity index (χ1n) is 9.53. The van der Waals surface area contributed by atoms with Crippen molar-refractivity contribution < 1.29 is 14.0 Å².